The summed E-state index contributed by atoms with van der Waals surface area (Å²) in [5.41, 5.74) is -1.13. The Morgan fingerprint density at radius 1 is 1.25 bits per heavy atom. The van der Waals surface area contributed by atoms with Gasteiger partial charge in [0.05, 0.1) is 12.7 Å². The van der Waals surface area contributed by atoms with Crippen LogP contribution in [-0.4, -0.2) is 18.4 Å². The Hall–Kier alpha value is -1.37. The molecule has 0 aliphatic carbocycles. The lowest BCUT2D eigenvalue weighted by molar-refractivity contribution is -0.208. The second-order valence-corrected chi connectivity index (χ2v) is 2.95. The van der Waals surface area contributed by atoms with Crippen LogP contribution in [0.25, 0.3) is 0 Å². The summed E-state index contributed by atoms with van der Waals surface area (Å²) in [6, 6.07) is 0.806. The molecule has 1 atom stereocenters. The molecule has 1 unspecified atom stereocenters. The number of ether oxygens (including phenoxy) is 1. The van der Waals surface area contributed by atoms with Crippen LogP contribution in [0, 0.1) is 11.6 Å². The van der Waals surface area contributed by atoms with Crippen LogP contribution in [-0.2, 0) is 0 Å². The highest BCUT2D eigenvalue weighted by Gasteiger charge is 2.42. The quantitative estimate of drug-likeness (QED) is 0.807. The van der Waals surface area contributed by atoms with E-state index in [0.717, 1.165) is 7.11 Å². The van der Waals surface area contributed by atoms with Crippen LogP contribution >= 0.6 is 0 Å². The predicted octanol–water partition coefficient (Wildman–Crippen LogP) is 2.57. The molecule has 0 amide bonds. The predicted molar refractivity (Wildman–Crippen MR) is 43.9 cm³/mol. The molecule has 0 fully saturated rings. The number of alkyl halides is 3. The molecule has 0 spiro atoms. The first kappa shape index (κ1) is 12.7. The Morgan fingerprint density at radius 3 is 2.25 bits per heavy atom. The smallest absolute Gasteiger partial charge is 0.418 e. The van der Waals surface area contributed by atoms with Gasteiger partial charge in [-0.1, -0.05) is 0 Å². The highest BCUT2D eigenvalue weighted by atomic mass is 19.4. The van der Waals surface area contributed by atoms with Gasteiger partial charge in [0.2, 0.25) is 0 Å². The second kappa shape index (κ2) is 4.25. The molecule has 1 rings (SSSR count). The van der Waals surface area contributed by atoms with E-state index in [1.165, 1.54) is 0 Å². The first-order valence-electron chi connectivity index (χ1n) is 4.05. The maximum Gasteiger partial charge on any atom is 0.418 e. The molecule has 0 aliphatic heterocycles. The Labute approximate surface area is 87.3 Å². The molecule has 0 bridgehead atoms. The molecule has 2 nitrogen and oxygen atoms in total. The number of methoxy groups -OCH3 is 1. The minimum atomic E-state index is -5.05. The summed E-state index contributed by atoms with van der Waals surface area (Å²) >= 11 is 0. The molecule has 1 N–H and O–H groups in total. The number of halogens is 5. The summed E-state index contributed by atoms with van der Waals surface area (Å²) in [4.78, 5) is 0. The van der Waals surface area contributed by atoms with Gasteiger partial charge in [0, 0.05) is 12.1 Å². The van der Waals surface area contributed by atoms with Crippen LogP contribution in [0.2, 0.25) is 0 Å². The van der Waals surface area contributed by atoms with Gasteiger partial charge in [0.1, 0.15) is 17.4 Å². The monoisotopic (exact) mass is 242 g/mol. The van der Waals surface area contributed by atoms with Crippen LogP contribution in [0.5, 0.6) is 5.75 Å². The summed E-state index contributed by atoms with van der Waals surface area (Å²) < 4.78 is 66.7. The summed E-state index contributed by atoms with van der Waals surface area (Å²) in [5.74, 6) is -3.29. The summed E-state index contributed by atoms with van der Waals surface area (Å²) in [5, 5.41) is 8.87. The summed E-state index contributed by atoms with van der Waals surface area (Å²) in [6.45, 7) is 0. The van der Waals surface area contributed by atoms with E-state index in [9.17, 15) is 22.0 Å². The Morgan fingerprint density at radius 2 is 1.81 bits per heavy atom. The van der Waals surface area contributed by atoms with Crippen LogP contribution < -0.4 is 4.74 Å². The average Bonchev–Trinajstić information content (AvgIpc) is 2.14. The van der Waals surface area contributed by atoms with E-state index < -0.39 is 35.2 Å². The zero-order valence-corrected chi connectivity index (χ0v) is 7.98. The van der Waals surface area contributed by atoms with Crippen LogP contribution in [0.1, 0.15) is 11.7 Å². The highest BCUT2D eigenvalue weighted by molar-refractivity contribution is 5.37. The van der Waals surface area contributed by atoms with Crippen molar-refractivity contribution in [2.45, 2.75) is 12.3 Å². The Bertz CT molecular complexity index is 388. The van der Waals surface area contributed by atoms with Crippen molar-refractivity contribution in [2.24, 2.45) is 0 Å². The topological polar surface area (TPSA) is 29.5 Å². The summed E-state index contributed by atoms with van der Waals surface area (Å²) in [6.07, 6.45) is -8.10. The summed E-state index contributed by atoms with van der Waals surface area (Å²) in [7, 11) is 0.945. The highest BCUT2D eigenvalue weighted by Crippen LogP contribution is 2.38. The van der Waals surface area contributed by atoms with E-state index >= 15 is 0 Å². The van der Waals surface area contributed by atoms with E-state index in [4.69, 9.17) is 5.11 Å². The molecule has 0 heterocycles. The molecule has 16 heavy (non-hydrogen) atoms. The van der Waals surface area contributed by atoms with Gasteiger partial charge in [-0.05, 0) is 0 Å². The van der Waals surface area contributed by atoms with E-state index in [1.807, 2.05) is 0 Å². The van der Waals surface area contributed by atoms with Crippen molar-refractivity contribution >= 4 is 0 Å². The van der Waals surface area contributed by atoms with Gasteiger partial charge >= 0.3 is 6.18 Å². The van der Waals surface area contributed by atoms with Crippen molar-refractivity contribution in [1.82, 2.24) is 0 Å². The van der Waals surface area contributed by atoms with E-state index in [0.29, 0.717) is 6.07 Å². The van der Waals surface area contributed by atoms with Gasteiger partial charge in [-0.15, -0.1) is 0 Å². The number of aliphatic hydroxyl groups excluding tert-OH is 1. The molecular weight excluding hydrogens is 235 g/mol. The van der Waals surface area contributed by atoms with Crippen molar-refractivity contribution < 1.29 is 31.8 Å². The van der Waals surface area contributed by atoms with Gasteiger partial charge < -0.3 is 9.84 Å². The van der Waals surface area contributed by atoms with Crippen molar-refractivity contribution in [1.29, 1.82) is 0 Å². The number of rotatable bonds is 2. The zero-order valence-electron chi connectivity index (χ0n) is 7.98. The van der Waals surface area contributed by atoms with Crippen molar-refractivity contribution in [2.75, 3.05) is 7.11 Å². The Balaban J connectivity index is 3.32. The fraction of sp³-hybridized carbons (Fsp3) is 0.333. The van der Waals surface area contributed by atoms with E-state index in [2.05, 4.69) is 4.74 Å². The first-order valence-corrected chi connectivity index (χ1v) is 4.05. The van der Waals surface area contributed by atoms with Crippen LogP contribution in [0.3, 0.4) is 0 Å². The van der Waals surface area contributed by atoms with Gasteiger partial charge in [0.25, 0.3) is 0 Å². The van der Waals surface area contributed by atoms with Crippen molar-refractivity contribution in [3.63, 3.8) is 0 Å². The fourth-order valence-corrected chi connectivity index (χ4v) is 1.16. The molecule has 90 valence electrons. The van der Waals surface area contributed by atoms with Gasteiger partial charge in [-0.3, -0.25) is 0 Å². The van der Waals surface area contributed by atoms with E-state index in [-0.39, 0.29) is 6.07 Å². The number of aliphatic hydroxyl groups is 1. The maximum absolute atomic E-state index is 13.1. The lowest BCUT2D eigenvalue weighted by atomic mass is 10.1. The molecular formula is C9H7F5O2. The minimum Gasteiger partial charge on any atom is -0.496 e. The molecule has 0 aliphatic rings. The molecule has 0 saturated carbocycles. The third kappa shape index (κ3) is 2.41. The fourth-order valence-electron chi connectivity index (χ4n) is 1.16. The number of hydrogen-bond donors (Lipinski definition) is 1. The largest absolute Gasteiger partial charge is 0.496 e. The van der Waals surface area contributed by atoms with Crippen LogP contribution in [0.15, 0.2) is 12.1 Å². The Kier molecular flexibility index (Phi) is 3.37. The van der Waals surface area contributed by atoms with Crippen LogP contribution in [0.4, 0.5) is 22.0 Å². The maximum atomic E-state index is 13.1. The minimum absolute atomic E-state index is 0.243. The zero-order chi connectivity index (χ0) is 12.5. The average molecular weight is 242 g/mol. The number of benzene rings is 1. The van der Waals surface area contributed by atoms with Gasteiger partial charge in [-0.2, -0.15) is 13.2 Å². The molecule has 0 saturated heterocycles. The molecule has 7 heteroatoms. The van der Waals surface area contributed by atoms with Gasteiger partial charge in [0.15, 0.2) is 6.10 Å². The molecule has 1 aromatic rings. The lowest BCUT2D eigenvalue weighted by Gasteiger charge is -2.18. The third-order valence-corrected chi connectivity index (χ3v) is 1.86. The second-order valence-electron chi connectivity index (χ2n) is 2.95. The van der Waals surface area contributed by atoms with Crippen molar-refractivity contribution in [3.8, 4) is 5.75 Å². The van der Waals surface area contributed by atoms with Gasteiger partial charge in [-0.25, -0.2) is 8.78 Å². The SMILES string of the molecule is COc1cc(F)cc(F)c1C(O)C(F)(F)F. The first-order chi connectivity index (χ1) is 7.27. The molecule has 1 aromatic carbocycles. The lowest BCUT2D eigenvalue weighted by Crippen LogP contribution is -2.22. The molecule has 0 radical (unpaired) electrons. The number of hydrogen-bond acceptors (Lipinski definition) is 2. The van der Waals surface area contributed by atoms with Crippen molar-refractivity contribution in [3.05, 3.63) is 29.3 Å². The van der Waals surface area contributed by atoms with E-state index in [1.54, 1.807) is 0 Å². The standard InChI is InChI=1S/C9H7F5O2/c1-16-6-3-4(10)2-5(11)7(6)8(15)9(12,13)14/h2-3,8,15H,1H3. The third-order valence-electron chi connectivity index (χ3n) is 1.86. The molecule has 0 aromatic heterocycles. The normalized spacial score (nSPS) is 13.7.